The summed E-state index contributed by atoms with van der Waals surface area (Å²) in [5.41, 5.74) is 6.69. The van der Waals surface area contributed by atoms with Gasteiger partial charge >= 0.3 is 0 Å². The van der Waals surface area contributed by atoms with E-state index in [4.69, 9.17) is 4.99 Å². The number of amides is 1. The van der Waals surface area contributed by atoms with Crippen LogP contribution >= 0.6 is 0 Å². The monoisotopic (exact) mass is 546 g/mol. The van der Waals surface area contributed by atoms with Gasteiger partial charge in [0.1, 0.15) is 11.5 Å². The van der Waals surface area contributed by atoms with Crippen molar-refractivity contribution in [3.8, 4) is 5.69 Å². The molecule has 6 rings (SSSR count). The number of allylic oxidation sites excluding steroid dienone is 2. The smallest absolute Gasteiger partial charge is 0.272 e. The Balaban J connectivity index is 1.40. The van der Waals surface area contributed by atoms with Gasteiger partial charge < -0.3 is 4.90 Å². The average Bonchev–Trinajstić information content (AvgIpc) is 3.22. The molecule has 4 aromatic rings. The van der Waals surface area contributed by atoms with E-state index in [1.54, 1.807) is 24.3 Å². The van der Waals surface area contributed by atoms with Gasteiger partial charge in [0, 0.05) is 35.5 Å². The summed E-state index contributed by atoms with van der Waals surface area (Å²) in [5, 5.41) is 5.67. The Morgan fingerprint density at radius 3 is 2.56 bits per heavy atom. The number of piperidine rings is 1. The molecular formula is C35H35FN4O. The van der Waals surface area contributed by atoms with Crippen LogP contribution in [0.5, 0.6) is 0 Å². The first-order valence-corrected chi connectivity index (χ1v) is 14.2. The van der Waals surface area contributed by atoms with Gasteiger partial charge in [0.15, 0.2) is 0 Å². The number of aromatic nitrogens is 2. The molecule has 3 atom stereocenters. The summed E-state index contributed by atoms with van der Waals surface area (Å²) in [6.45, 7) is 13.4. The number of benzene rings is 3. The van der Waals surface area contributed by atoms with Crippen LogP contribution in [0.3, 0.4) is 0 Å². The molecule has 1 aliphatic carbocycles. The van der Waals surface area contributed by atoms with Crippen LogP contribution in [0, 0.1) is 24.6 Å². The largest absolute Gasteiger partial charge is 0.336 e. The summed E-state index contributed by atoms with van der Waals surface area (Å²) in [6.07, 6.45) is 5.24. The van der Waals surface area contributed by atoms with Crippen molar-refractivity contribution in [1.82, 2.24) is 14.7 Å². The maximum atomic E-state index is 13.8. The van der Waals surface area contributed by atoms with E-state index in [0.717, 1.165) is 27.9 Å². The third-order valence-corrected chi connectivity index (χ3v) is 8.94. The second-order valence-electron chi connectivity index (χ2n) is 11.7. The average molecular weight is 547 g/mol. The SMILES string of the molecule is C=C/C=C(\N=C(/C)C(C)C)C(=O)N1C[C@H]2[C@H](c3ccccc3)[C@@]2(c2cc3cnn(-c4ccc(F)cc4)c3cc2C)C1. The number of carbonyl (C=O) groups is 1. The molecule has 5 nitrogen and oxygen atoms in total. The van der Waals surface area contributed by atoms with Crippen molar-refractivity contribution in [3.05, 3.63) is 120 Å². The van der Waals surface area contributed by atoms with Gasteiger partial charge in [-0.05, 0) is 84.8 Å². The summed E-state index contributed by atoms with van der Waals surface area (Å²) >= 11 is 0. The summed E-state index contributed by atoms with van der Waals surface area (Å²) in [4.78, 5) is 20.5. The van der Waals surface area contributed by atoms with Crippen LogP contribution in [-0.2, 0) is 10.2 Å². The third-order valence-electron chi connectivity index (χ3n) is 8.94. The molecule has 6 heteroatoms. The number of hydrogen-bond acceptors (Lipinski definition) is 3. The summed E-state index contributed by atoms with van der Waals surface area (Å²) in [7, 11) is 0. The summed E-state index contributed by atoms with van der Waals surface area (Å²) in [5.74, 6) is 0.556. The molecule has 41 heavy (non-hydrogen) atoms. The van der Waals surface area contributed by atoms with Gasteiger partial charge in [-0.1, -0.05) is 56.8 Å². The predicted octanol–water partition coefficient (Wildman–Crippen LogP) is 7.15. The van der Waals surface area contributed by atoms with Crippen molar-refractivity contribution in [2.75, 3.05) is 13.1 Å². The number of fused-ring (bicyclic) bond motifs is 2. The molecular weight excluding hydrogens is 511 g/mol. The molecule has 0 unspecified atom stereocenters. The quantitative estimate of drug-likeness (QED) is 0.140. The van der Waals surface area contributed by atoms with Crippen LogP contribution in [0.1, 0.15) is 43.4 Å². The molecule has 0 spiro atoms. The van der Waals surface area contributed by atoms with Crippen LogP contribution in [0.15, 0.2) is 102 Å². The molecule has 0 radical (unpaired) electrons. The molecule has 1 saturated carbocycles. The second-order valence-corrected chi connectivity index (χ2v) is 11.7. The minimum Gasteiger partial charge on any atom is -0.336 e. The Labute approximate surface area is 240 Å². The second kappa shape index (κ2) is 10.3. The van der Waals surface area contributed by atoms with Crippen molar-refractivity contribution in [2.45, 2.75) is 39.0 Å². The highest BCUT2D eigenvalue weighted by molar-refractivity contribution is 5.98. The fourth-order valence-electron chi connectivity index (χ4n) is 6.63. The lowest BCUT2D eigenvalue weighted by Crippen LogP contribution is -2.35. The van der Waals surface area contributed by atoms with Crippen LogP contribution in [0.4, 0.5) is 4.39 Å². The lowest BCUT2D eigenvalue weighted by Gasteiger charge is -2.26. The maximum absolute atomic E-state index is 13.8. The van der Waals surface area contributed by atoms with E-state index < -0.39 is 0 Å². The number of rotatable bonds is 7. The van der Waals surface area contributed by atoms with Gasteiger partial charge in [-0.2, -0.15) is 5.10 Å². The molecule has 0 bridgehead atoms. The van der Waals surface area contributed by atoms with E-state index in [1.165, 1.54) is 23.3 Å². The standard InChI is InChI=1S/C35H35FN4O/c1-6-10-31(38-24(5)22(2)3)34(41)39-20-30-33(25-11-8-7-9-12-25)35(30,21-39)29-18-26-19-37-40(32(26)17-23(29)4)28-15-13-27(36)14-16-28/h6-19,22,30,33H,1,20-21H2,2-5H3/b31-10-,38-24+/t30-,33-,35+/m0/s1. The molecule has 1 aliphatic heterocycles. The van der Waals surface area contributed by atoms with E-state index >= 15 is 0 Å². The molecule has 3 aromatic carbocycles. The van der Waals surface area contributed by atoms with Gasteiger partial charge in [0.25, 0.3) is 5.91 Å². The maximum Gasteiger partial charge on any atom is 0.272 e. The third kappa shape index (κ3) is 4.51. The van der Waals surface area contributed by atoms with Crippen LogP contribution in [-0.4, -0.2) is 39.4 Å². The molecule has 2 heterocycles. The number of nitrogens with zero attached hydrogens (tertiary/aromatic N) is 4. The highest BCUT2D eigenvalue weighted by Crippen LogP contribution is 2.70. The molecule has 2 fully saturated rings. The van der Waals surface area contributed by atoms with Crippen molar-refractivity contribution in [2.24, 2.45) is 16.8 Å². The predicted molar refractivity (Wildman–Crippen MR) is 163 cm³/mol. The van der Waals surface area contributed by atoms with Crippen molar-refractivity contribution >= 4 is 22.5 Å². The normalized spacial score (nSPS) is 22.3. The van der Waals surface area contributed by atoms with Crippen LogP contribution in [0.25, 0.3) is 16.6 Å². The van der Waals surface area contributed by atoms with Gasteiger partial charge in [0.2, 0.25) is 0 Å². The Hall–Kier alpha value is -4.32. The summed E-state index contributed by atoms with van der Waals surface area (Å²) in [6, 6.07) is 21.5. The van der Waals surface area contributed by atoms with Gasteiger partial charge in [0.05, 0.1) is 17.4 Å². The molecule has 208 valence electrons. The Morgan fingerprint density at radius 1 is 1.15 bits per heavy atom. The minimum atomic E-state index is -0.272. The summed E-state index contributed by atoms with van der Waals surface area (Å²) < 4.78 is 15.4. The number of halogens is 1. The van der Waals surface area contributed by atoms with E-state index in [1.807, 2.05) is 28.8 Å². The molecule has 0 N–H and O–H groups in total. The van der Waals surface area contributed by atoms with Crippen LogP contribution < -0.4 is 0 Å². The molecule has 1 saturated heterocycles. The Kier molecular flexibility index (Phi) is 6.72. The lowest BCUT2D eigenvalue weighted by molar-refractivity contribution is -0.126. The van der Waals surface area contributed by atoms with Crippen molar-refractivity contribution in [3.63, 3.8) is 0 Å². The van der Waals surface area contributed by atoms with Gasteiger partial charge in [-0.25, -0.2) is 9.07 Å². The zero-order valence-electron chi connectivity index (χ0n) is 24.0. The number of aryl methyl sites for hydroxylation is 1. The van der Waals surface area contributed by atoms with E-state index in [-0.39, 0.29) is 23.1 Å². The van der Waals surface area contributed by atoms with Crippen molar-refractivity contribution in [1.29, 1.82) is 0 Å². The first-order chi connectivity index (χ1) is 19.7. The lowest BCUT2D eigenvalue weighted by atomic mass is 9.86. The number of aliphatic imine (C=N–C) groups is 1. The van der Waals surface area contributed by atoms with E-state index in [2.05, 4.69) is 68.8 Å². The molecule has 1 amide bonds. The first-order valence-electron chi connectivity index (χ1n) is 14.2. The molecule has 2 aliphatic rings. The van der Waals surface area contributed by atoms with E-state index in [9.17, 15) is 9.18 Å². The minimum absolute atomic E-state index is 0.0499. The van der Waals surface area contributed by atoms with Gasteiger partial charge in [-0.15, -0.1) is 0 Å². The number of carbonyl (C=O) groups excluding carboxylic acids is 1. The zero-order valence-corrected chi connectivity index (χ0v) is 24.0. The zero-order chi connectivity index (χ0) is 28.9. The van der Waals surface area contributed by atoms with E-state index in [0.29, 0.717) is 30.6 Å². The highest BCUT2D eigenvalue weighted by atomic mass is 19.1. The fourth-order valence-corrected chi connectivity index (χ4v) is 6.63. The van der Waals surface area contributed by atoms with Gasteiger partial charge in [-0.3, -0.25) is 9.79 Å². The number of likely N-dealkylation sites (tertiary alicyclic amines) is 1. The Bertz CT molecular complexity index is 1700. The molecule has 1 aromatic heterocycles. The highest BCUT2D eigenvalue weighted by Gasteiger charge is 2.71. The van der Waals surface area contributed by atoms with Crippen LogP contribution in [0.2, 0.25) is 0 Å². The Morgan fingerprint density at radius 2 is 1.88 bits per heavy atom. The topological polar surface area (TPSA) is 50.5 Å². The fraction of sp³-hybridized carbons (Fsp3) is 0.286. The number of hydrogen-bond donors (Lipinski definition) is 0. The van der Waals surface area contributed by atoms with Crippen molar-refractivity contribution < 1.29 is 9.18 Å². The first kappa shape index (κ1) is 26.9.